The highest BCUT2D eigenvalue weighted by atomic mass is 35.5. The SMILES string of the molecule is O=C(COc1ccc2c3c(c(=O)oc2c1)CCC3)c1ccc(Cl)cc1. The molecule has 25 heavy (non-hydrogen) atoms. The summed E-state index contributed by atoms with van der Waals surface area (Å²) in [6.07, 6.45) is 2.65. The molecule has 4 nitrogen and oxygen atoms in total. The van der Waals surface area contributed by atoms with Gasteiger partial charge in [-0.15, -0.1) is 0 Å². The number of aryl methyl sites for hydroxylation is 1. The van der Waals surface area contributed by atoms with Crippen LogP contribution in [0, 0.1) is 0 Å². The molecule has 3 aromatic rings. The van der Waals surface area contributed by atoms with Crippen molar-refractivity contribution in [2.45, 2.75) is 19.3 Å². The van der Waals surface area contributed by atoms with Crippen LogP contribution >= 0.6 is 11.6 Å². The average Bonchev–Trinajstić information content (AvgIpc) is 3.11. The molecule has 0 atom stereocenters. The number of carbonyl (C=O) groups is 1. The molecule has 2 aromatic carbocycles. The summed E-state index contributed by atoms with van der Waals surface area (Å²) >= 11 is 5.82. The van der Waals surface area contributed by atoms with E-state index in [4.69, 9.17) is 20.8 Å². The Morgan fingerprint density at radius 2 is 1.84 bits per heavy atom. The zero-order valence-electron chi connectivity index (χ0n) is 13.4. The van der Waals surface area contributed by atoms with Crippen molar-refractivity contribution >= 4 is 28.4 Å². The van der Waals surface area contributed by atoms with Gasteiger partial charge < -0.3 is 9.15 Å². The Bertz CT molecular complexity index is 1020. The lowest BCUT2D eigenvalue weighted by Gasteiger charge is -2.08. The first kappa shape index (κ1) is 15.9. The van der Waals surface area contributed by atoms with Crippen LogP contribution < -0.4 is 10.4 Å². The van der Waals surface area contributed by atoms with Gasteiger partial charge in [-0.3, -0.25) is 4.79 Å². The summed E-state index contributed by atoms with van der Waals surface area (Å²) in [5.74, 6) is 0.350. The maximum atomic E-state index is 12.2. The number of fused-ring (bicyclic) bond motifs is 3. The Labute approximate surface area is 149 Å². The van der Waals surface area contributed by atoms with Crippen molar-refractivity contribution in [3.05, 3.63) is 74.6 Å². The molecule has 0 fully saturated rings. The number of carbonyl (C=O) groups excluding carboxylic acids is 1. The number of hydrogen-bond acceptors (Lipinski definition) is 4. The van der Waals surface area contributed by atoms with Crippen LogP contribution in [0.5, 0.6) is 5.75 Å². The lowest BCUT2D eigenvalue weighted by atomic mass is 10.1. The molecular formula is C20H15ClO4. The van der Waals surface area contributed by atoms with Gasteiger partial charge in [0, 0.05) is 27.6 Å². The van der Waals surface area contributed by atoms with Crippen LogP contribution in [0.4, 0.5) is 0 Å². The smallest absolute Gasteiger partial charge is 0.339 e. The topological polar surface area (TPSA) is 56.5 Å². The zero-order valence-corrected chi connectivity index (χ0v) is 14.1. The summed E-state index contributed by atoms with van der Waals surface area (Å²) in [6, 6.07) is 12.0. The molecule has 0 saturated carbocycles. The van der Waals surface area contributed by atoms with Crippen LogP contribution in [0.1, 0.15) is 27.9 Å². The number of ether oxygens (including phenoxy) is 1. The molecule has 0 saturated heterocycles. The highest BCUT2D eigenvalue weighted by Gasteiger charge is 2.19. The predicted molar refractivity (Wildman–Crippen MR) is 95.8 cm³/mol. The maximum Gasteiger partial charge on any atom is 0.339 e. The Morgan fingerprint density at radius 3 is 2.64 bits per heavy atom. The van der Waals surface area contributed by atoms with Crippen molar-refractivity contribution in [1.29, 1.82) is 0 Å². The molecule has 1 aliphatic rings. The standard InChI is InChI=1S/C20H15ClO4/c21-13-6-4-12(5-7-13)18(22)11-24-14-8-9-16-15-2-1-3-17(15)20(23)25-19(16)10-14/h4-10H,1-3,11H2. The average molecular weight is 355 g/mol. The van der Waals surface area contributed by atoms with Crippen LogP contribution in [0.15, 0.2) is 51.7 Å². The molecular weight excluding hydrogens is 340 g/mol. The van der Waals surface area contributed by atoms with E-state index < -0.39 is 0 Å². The van der Waals surface area contributed by atoms with Crippen molar-refractivity contribution in [1.82, 2.24) is 0 Å². The first-order valence-corrected chi connectivity index (χ1v) is 8.50. The van der Waals surface area contributed by atoms with Crippen LogP contribution in [0.3, 0.4) is 0 Å². The van der Waals surface area contributed by atoms with Gasteiger partial charge in [-0.1, -0.05) is 11.6 Å². The van der Waals surface area contributed by atoms with Gasteiger partial charge in [-0.05, 0) is 61.2 Å². The summed E-state index contributed by atoms with van der Waals surface area (Å²) in [5, 5.41) is 1.53. The van der Waals surface area contributed by atoms with Gasteiger partial charge in [0.15, 0.2) is 12.4 Å². The monoisotopic (exact) mass is 354 g/mol. The largest absolute Gasteiger partial charge is 0.485 e. The highest BCUT2D eigenvalue weighted by molar-refractivity contribution is 6.30. The van der Waals surface area contributed by atoms with E-state index in [1.54, 1.807) is 36.4 Å². The third-order valence-electron chi connectivity index (χ3n) is 4.48. The number of rotatable bonds is 4. The number of halogens is 1. The van der Waals surface area contributed by atoms with Crippen LogP contribution in [0.2, 0.25) is 5.02 Å². The van der Waals surface area contributed by atoms with Gasteiger partial charge >= 0.3 is 5.63 Å². The van der Waals surface area contributed by atoms with E-state index in [-0.39, 0.29) is 18.0 Å². The fraction of sp³-hybridized carbons (Fsp3) is 0.200. The second-order valence-electron chi connectivity index (χ2n) is 6.08. The Morgan fingerprint density at radius 1 is 1.08 bits per heavy atom. The van der Waals surface area contributed by atoms with Crippen molar-refractivity contribution in [2.24, 2.45) is 0 Å². The van der Waals surface area contributed by atoms with Crippen LogP contribution in [-0.2, 0) is 12.8 Å². The number of hydrogen-bond donors (Lipinski definition) is 0. The molecule has 1 aliphatic carbocycles. The number of ketones is 1. The third-order valence-corrected chi connectivity index (χ3v) is 4.73. The van der Waals surface area contributed by atoms with Gasteiger partial charge in [0.05, 0.1) is 0 Å². The third kappa shape index (κ3) is 3.05. The molecule has 0 N–H and O–H groups in total. The van der Waals surface area contributed by atoms with Gasteiger partial charge in [0.25, 0.3) is 0 Å². The Balaban J connectivity index is 1.56. The molecule has 0 unspecified atom stereocenters. The predicted octanol–water partition coefficient (Wildman–Crippen LogP) is 4.20. The minimum atomic E-state index is -0.269. The zero-order chi connectivity index (χ0) is 17.4. The van der Waals surface area contributed by atoms with Crippen molar-refractivity contribution in [3.8, 4) is 5.75 Å². The van der Waals surface area contributed by atoms with E-state index in [9.17, 15) is 9.59 Å². The summed E-state index contributed by atoms with van der Waals surface area (Å²) in [7, 11) is 0. The molecule has 1 heterocycles. The van der Waals surface area contributed by atoms with Crippen molar-refractivity contribution < 1.29 is 13.9 Å². The molecule has 0 bridgehead atoms. The fourth-order valence-corrected chi connectivity index (χ4v) is 3.35. The van der Waals surface area contributed by atoms with Gasteiger partial charge in [-0.2, -0.15) is 0 Å². The van der Waals surface area contributed by atoms with E-state index in [2.05, 4.69) is 0 Å². The summed E-state index contributed by atoms with van der Waals surface area (Å²) in [5.41, 5.74) is 2.64. The van der Waals surface area contributed by atoms with Crippen molar-refractivity contribution in [2.75, 3.05) is 6.61 Å². The summed E-state index contributed by atoms with van der Waals surface area (Å²) < 4.78 is 11.0. The van der Waals surface area contributed by atoms with Crippen LogP contribution in [0.25, 0.3) is 11.0 Å². The molecule has 1 aromatic heterocycles. The molecule has 0 radical (unpaired) electrons. The molecule has 0 spiro atoms. The van der Waals surface area contributed by atoms with E-state index in [0.717, 1.165) is 35.8 Å². The lowest BCUT2D eigenvalue weighted by Crippen LogP contribution is -2.11. The van der Waals surface area contributed by atoms with Gasteiger partial charge in [0.1, 0.15) is 11.3 Å². The second-order valence-corrected chi connectivity index (χ2v) is 6.51. The molecule has 0 amide bonds. The second kappa shape index (κ2) is 6.37. The summed E-state index contributed by atoms with van der Waals surface area (Å²) in [4.78, 5) is 24.2. The molecule has 0 aliphatic heterocycles. The highest BCUT2D eigenvalue weighted by Crippen LogP contribution is 2.29. The van der Waals surface area contributed by atoms with Gasteiger partial charge in [0.2, 0.25) is 0 Å². The first-order valence-electron chi connectivity index (χ1n) is 8.12. The normalized spacial score (nSPS) is 13.0. The van der Waals surface area contributed by atoms with E-state index in [1.165, 1.54) is 0 Å². The maximum absolute atomic E-state index is 12.2. The van der Waals surface area contributed by atoms with E-state index in [1.807, 2.05) is 6.07 Å². The minimum Gasteiger partial charge on any atom is -0.485 e. The molecule has 5 heteroatoms. The quantitative estimate of drug-likeness (QED) is 0.520. The Hall–Kier alpha value is -2.59. The first-order chi connectivity index (χ1) is 12.1. The van der Waals surface area contributed by atoms with Crippen molar-refractivity contribution in [3.63, 3.8) is 0 Å². The molecule has 4 rings (SSSR count). The van der Waals surface area contributed by atoms with E-state index in [0.29, 0.717) is 21.9 Å². The van der Waals surface area contributed by atoms with E-state index >= 15 is 0 Å². The number of Topliss-reactive ketones (excluding diaryl/α,β-unsaturated/α-hetero) is 1. The fourth-order valence-electron chi connectivity index (χ4n) is 3.22. The van der Waals surface area contributed by atoms with Crippen LogP contribution in [-0.4, -0.2) is 12.4 Å². The minimum absolute atomic E-state index is 0.0949. The Kier molecular flexibility index (Phi) is 4.06. The number of benzene rings is 2. The summed E-state index contributed by atoms with van der Waals surface area (Å²) in [6.45, 7) is -0.0949. The van der Waals surface area contributed by atoms with Gasteiger partial charge in [-0.25, -0.2) is 4.79 Å². The lowest BCUT2D eigenvalue weighted by molar-refractivity contribution is 0.0921. The molecule has 126 valence electrons.